The molecule has 0 aliphatic carbocycles. The summed E-state index contributed by atoms with van der Waals surface area (Å²) in [6.45, 7) is 2.79. The summed E-state index contributed by atoms with van der Waals surface area (Å²) in [6.07, 6.45) is 1.04. The molecule has 1 N–H and O–H groups in total. The van der Waals surface area contributed by atoms with Crippen molar-refractivity contribution in [2.24, 2.45) is 0 Å². The molecule has 0 spiro atoms. The molecule has 0 amide bonds. The second kappa shape index (κ2) is 6.77. The fraction of sp³-hybridized carbons (Fsp3) is 0.462. The number of carboxylic acids is 1. The van der Waals surface area contributed by atoms with E-state index in [0.29, 0.717) is 0 Å². The number of rotatable bonds is 6. The van der Waals surface area contributed by atoms with E-state index in [1.165, 1.54) is 5.56 Å². The molecular formula is C13H18BrNO2. The van der Waals surface area contributed by atoms with Gasteiger partial charge in [0.15, 0.2) is 0 Å². The van der Waals surface area contributed by atoms with Crippen LogP contribution in [0.25, 0.3) is 0 Å². The smallest absolute Gasteiger partial charge is 0.304 e. The first-order valence-corrected chi connectivity index (χ1v) is 6.48. The summed E-state index contributed by atoms with van der Waals surface area (Å²) in [5.74, 6) is -0.738. The highest BCUT2D eigenvalue weighted by Crippen LogP contribution is 2.15. The molecule has 0 fully saturated rings. The van der Waals surface area contributed by atoms with Crippen molar-refractivity contribution >= 4 is 21.9 Å². The molecule has 0 aromatic heterocycles. The van der Waals surface area contributed by atoms with Crippen LogP contribution in [0, 0.1) is 0 Å². The van der Waals surface area contributed by atoms with Crippen LogP contribution < -0.4 is 0 Å². The van der Waals surface area contributed by atoms with Crippen molar-refractivity contribution in [2.45, 2.75) is 32.4 Å². The van der Waals surface area contributed by atoms with E-state index in [4.69, 9.17) is 5.11 Å². The molecule has 0 aliphatic rings. The first-order chi connectivity index (χ1) is 8.02. The van der Waals surface area contributed by atoms with E-state index >= 15 is 0 Å². The highest BCUT2D eigenvalue weighted by Gasteiger charge is 2.16. The van der Waals surface area contributed by atoms with E-state index < -0.39 is 5.97 Å². The minimum Gasteiger partial charge on any atom is -0.481 e. The minimum absolute atomic E-state index is 0.0893. The van der Waals surface area contributed by atoms with Crippen molar-refractivity contribution in [3.63, 3.8) is 0 Å². The van der Waals surface area contributed by atoms with Gasteiger partial charge < -0.3 is 5.11 Å². The molecule has 17 heavy (non-hydrogen) atoms. The number of nitrogens with zero attached hydrogens (tertiary/aromatic N) is 1. The van der Waals surface area contributed by atoms with Crippen LogP contribution in [0.1, 0.15) is 25.3 Å². The van der Waals surface area contributed by atoms with Crippen LogP contribution in [0.2, 0.25) is 0 Å². The SMILES string of the molecule is CCC(CC(=O)O)N(C)Cc1cccc(Br)c1. The van der Waals surface area contributed by atoms with Crippen LogP contribution in [0.3, 0.4) is 0 Å². The quantitative estimate of drug-likeness (QED) is 0.877. The van der Waals surface area contributed by atoms with Gasteiger partial charge in [0.05, 0.1) is 6.42 Å². The van der Waals surface area contributed by atoms with E-state index in [0.717, 1.165) is 17.4 Å². The van der Waals surface area contributed by atoms with Crippen LogP contribution >= 0.6 is 15.9 Å². The summed E-state index contributed by atoms with van der Waals surface area (Å²) in [5, 5.41) is 8.84. The fourth-order valence-electron chi connectivity index (χ4n) is 1.87. The normalized spacial score (nSPS) is 12.7. The Labute approximate surface area is 111 Å². The van der Waals surface area contributed by atoms with Gasteiger partial charge in [-0.25, -0.2) is 0 Å². The Morgan fingerprint density at radius 3 is 2.76 bits per heavy atom. The maximum absolute atomic E-state index is 10.7. The van der Waals surface area contributed by atoms with Crippen LogP contribution in [0.4, 0.5) is 0 Å². The standard InChI is InChI=1S/C13H18BrNO2/c1-3-12(8-13(16)17)15(2)9-10-5-4-6-11(14)7-10/h4-7,12H,3,8-9H2,1-2H3,(H,16,17). The molecule has 1 aromatic rings. The van der Waals surface area contributed by atoms with Gasteiger partial charge in [0.25, 0.3) is 0 Å². The van der Waals surface area contributed by atoms with E-state index in [2.05, 4.69) is 33.0 Å². The zero-order valence-corrected chi connectivity index (χ0v) is 11.8. The zero-order chi connectivity index (χ0) is 12.8. The highest BCUT2D eigenvalue weighted by atomic mass is 79.9. The molecule has 4 heteroatoms. The summed E-state index contributed by atoms with van der Waals surface area (Å²) in [5.41, 5.74) is 1.19. The fourth-order valence-corrected chi connectivity index (χ4v) is 2.31. The lowest BCUT2D eigenvalue weighted by Crippen LogP contribution is -2.32. The second-order valence-electron chi connectivity index (χ2n) is 4.20. The van der Waals surface area contributed by atoms with Crippen LogP contribution in [0.15, 0.2) is 28.7 Å². The Kier molecular flexibility index (Phi) is 5.65. The van der Waals surface area contributed by atoms with Crippen molar-refractivity contribution in [1.29, 1.82) is 0 Å². The van der Waals surface area contributed by atoms with Crippen molar-refractivity contribution in [1.82, 2.24) is 4.90 Å². The summed E-state index contributed by atoms with van der Waals surface area (Å²) in [6, 6.07) is 8.17. The number of carboxylic acid groups (broad SMARTS) is 1. The zero-order valence-electron chi connectivity index (χ0n) is 10.2. The highest BCUT2D eigenvalue weighted by molar-refractivity contribution is 9.10. The average molecular weight is 300 g/mol. The molecule has 1 rings (SSSR count). The van der Waals surface area contributed by atoms with Crippen molar-refractivity contribution in [3.8, 4) is 0 Å². The van der Waals surface area contributed by atoms with E-state index in [1.807, 2.05) is 26.1 Å². The van der Waals surface area contributed by atoms with Crippen LogP contribution in [-0.2, 0) is 11.3 Å². The largest absolute Gasteiger partial charge is 0.481 e. The Balaban J connectivity index is 2.63. The van der Waals surface area contributed by atoms with Gasteiger partial charge in [0, 0.05) is 17.1 Å². The third-order valence-electron chi connectivity index (χ3n) is 2.83. The Morgan fingerprint density at radius 2 is 2.24 bits per heavy atom. The minimum atomic E-state index is -0.738. The van der Waals surface area contributed by atoms with E-state index in [9.17, 15) is 4.79 Å². The number of hydrogen-bond donors (Lipinski definition) is 1. The maximum atomic E-state index is 10.7. The van der Waals surface area contributed by atoms with Gasteiger partial charge >= 0.3 is 5.97 Å². The second-order valence-corrected chi connectivity index (χ2v) is 5.12. The Morgan fingerprint density at radius 1 is 1.53 bits per heavy atom. The monoisotopic (exact) mass is 299 g/mol. The summed E-state index contributed by atoms with van der Waals surface area (Å²) in [4.78, 5) is 12.8. The molecule has 1 unspecified atom stereocenters. The van der Waals surface area contributed by atoms with Gasteiger partial charge in [-0.2, -0.15) is 0 Å². The molecule has 3 nitrogen and oxygen atoms in total. The predicted octanol–water partition coefficient (Wildman–Crippen LogP) is 3.13. The number of carbonyl (C=O) groups is 1. The number of benzene rings is 1. The van der Waals surface area contributed by atoms with Gasteiger partial charge in [-0.1, -0.05) is 35.0 Å². The molecule has 0 aliphatic heterocycles. The lowest BCUT2D eigenvalue weighted by Gasteiger charge is -2.25. The lowest BCUT2D eigenvalue weighted by atomic mass is 10.1. The van der Waals surface area contributed by atoms with Gasteiger partial charge in [-0.15, -0.1) is 0 Å². The average Bonchev–Trinajstić information content (AvgIpc) is 2.25. The molecular weight excluding hydrogens is 282 g/mol. The van der Waals surface area contributed by atoms with Crippen molar-refractivity contribution in [2.75, 3.05) is 7.05 Å². The van der Waals surface area contributed by atoms with Gasteiger partial charge in [0.2, 0.25) is 0 Å². The third-order valence-corrected chi connectivity index (χ3v) is 3.32. The van der Waals surface area contributed by atoms with Crippen LogP contribution in [0.5, 0.6) is 0 Å². The third kappa shape index (κ3) is 4.88. The van der Waals surface area contributed by atoms with Gasteiger partial charge in [-0.3, -0.25) is 9.69 Å². The van der Waals surface area contributed by atoms with Crippen molar-refractivity contribution < 1.29 is 9.90 Å². The first-order valence-electron chi connectivity index (χ1n) is 5.69. The number of aliphatic carboxylic acids is 1. The topological polar surface area (TPSA) is 40.5 Å². The number of hydrogen-bond acceptors (Lipinski definition) is 2. The molecule has 0 bridgehead atoms. The molecule has 94 valence electrons. The van der Waals surface area contributed by atoms with Gasteiger partial charge in [-0.05, 0) is 31.2 Å². The Bertz CT molecular complexity index is 381. The first kappa shape index (κ1) is 14.2. The summed E-state index contributed by atoms with van der Waals surface area (Å²) < 4.78 is 1.05. The summed E-state index contributed by atoms with van der Waals surface area (Å²) >= 11 is 3.43. The summed E-state index contributed by atoms with van der Waals surface area (Å²) in [7, 11) is 1.97. The van der Waals surface area contributed by atoms with E-state index in [1.54, 1.807) is 0 Å². The molecule has 1 aromatic carbocycles. The van der Waals surface area contributed by atoms with Gasteiger partial charge in [0.1, 0.15) is 0 Å². The van der Waals surface area contributed by atoms with Crippen molar-refractivity contribution in [3.05, 3.63) is 34.3 Å². The molecule has 1 atom stereocenters. The molecule has 0 saturated heterocycles. The molecule has 0 heterocycles. The Hall–Kier alpha value is -0.870. The lowest BCUT2D eigenvalue weighted by molar-refractivity contribution is -0.138. The number of halogens is 1. The molecule has 0 radical (unpaired) electrons. The predicted molar refractivity (Wildman–Crippen MR) is 71.9 cm³/mol. The van der Waals surface area contributed by atoms with Crippen LogP contribution in [-0.4, -0.2) is 29.1 Å². The van der Waals surface area contributed by atoms with E-state index in [-0.39, 0.29) is 12.5 Å². The molecule has 0 saturated carbocycles. The maximum Gasteiger partial charge on any atom is 0.304 e.